The van der Waals surface area contributed by atoms with Crippen molar-refractivity contribution in [3.63, 3.8) is 0 Å². The molecule has 0 fully saturated rings. The molecular weight excluding hydrogens is 256 g/mol. The summed E-state index contributed by atoms with van der Waals surface area (Å²) in [5, 5.41) is 5.51. The highest BCUT2D eigenvalue weighted by Crippen LogP contribution is 2.07. The summed E-state index contributed by atoms with van der Waals surface area (Å²) in [7, 11) is 3.89. The fraction of sp³-hybridized carbons (Fsp3) is 0.500. The summed E-state index contributed by atoms with van der Waals surface area (Å²) >= 11 is 0. The van der Waals surface area contributed by atoms with Crippen molar-refractivity contribution in [2.24, 2.45) is 0 Å². The van der Waals surface area contributed by atoms with Crippen LogP contribution in [0.2, 0.25) is 0 Å². The molecule has 0 saturated carbocycles. The average Bonchev–Trinajstić information content (AvgIpc) is 2.39. The van der Waals surface area contributed by atoms with Crippen LogP contribution >= 0.6 is 0 Å². The average molecular weight is 278 g/mol. The van der Waals surface area contributed by atoms with Gasteiger partial charge in [-0.15, -0.1) is 0 Å². The van der Waals surface area contributed by atoms with Crippen LogP contribution in [0.3, 0.4) is 0 Å². The molecule has 1 heterocycles. The van der Waals surface area contributed by atoms with Gasteiger partial charge in [-0.3, -0.25) is 9.59 Å². The smallest absolute Gasteiger partial charge is 0.269 e. The second-order valence-corrected chi connectivity index (χ2v) is 4.79. The van der Waals surface area contributed by atoms with Gasteiger partial charge >= 0.3 is 0 Å². The van der Waals surface area contributed by atoms with Crippen molar-refractivity contribution in [1.29, 1.82) is 0 Å². The van der Waals surface area contributed by atoms with Gasteiger partial charge in [-0.25, -0.2) is 4.98 Å². The molecule has 1 aromatic heterocycles. The second-order valence-electron chi connectivity index (χ2n) is 4.79. The van der Waals surface area contributed by atoms with Crippen LogP contribution in [-0.2, 0) is 4.79 Å². The number of amides is 2. The van der Waals surface area contributed by atoms with E-state index in [1.807, 2.05) is 25.9 Å². The Kier molecular flexibility index (Phi) is 6.66. The van der Waals surface area contributed by atoms with Gasteiger partial charge in [-0.2, -0.15) is 0 Å². The van der Waals surface area contributed by atoms with Crippen LogP contribution in [0.4, 0.5) is 5.69 Å². The third-order valence-corrected chi connectivity index (χ3v) is 2.60. The van der Waals surface area contributed by atoms with Crippen LogP contribution in [0.15, 0.2) is 18.3 Å². The van der Waals surface area contributed by atoms with Crippen molar-refractivity contribution in [2.45, 2.75) is 19.8 Å². The molecule has 0 aliphatic heterocycles. The zero-order valence-electron chi connectivity index (χ0n) is 12.3. The fourth-order valence-corrected chi connectivity index (χ4v) is 1.54. The van der Waals surface area contributed by atoms with E-state index in [1.54, 1.807) is 12.1 Å². The molecule has 0 aliphatic rings. The molecule has 0 saturated heterocycles. The van der Waals surface area contributed by atoms with Crippen LogP contribution < -0.4 is 10.6 Å². The molecule has 6 nitrogen and oxygen atoms in total. The Bertz CT molecular complexity index is 443. The minimum absolute atomic E-state index is 0.0440. The molecule has 0 unspecified atom stereocenters. The van der Waals surface area contributed by atoms with Gasteiger partial charge in [-0.05, 0) is 32.6 Å². The molecule has 110 valence electrons. The minimum Gasteiger partial charge on any atom is -0.349 e. The predicted octanol–water partition coefficient (Wildman–Crippen LogP) is 1.11. The molecule has 0 radical (unpaired) electrons. The first-order valence-corrected chi connectivity index (χ1v) is 6.71. The number of rotatable bonds is 7. The standard InChI is InChI=1S/C14H22N4O2/c1-4-5-13(19)17-11-6-7-12(16-10-11)14(20)15-8-9-18(2)3/h6-7,10H,4-5,8-9H2,1-3H3,(H,15,20)(H,17,19). The molecule has 0 bridgehead atoms. The maximum Gasteiger partial charge on any atom is 0.269 e. The number of anilines is 1. The van der Waals surface area contributed by atoms with E-state index in [9.17, 15) is 9.59 Å². The van der Waals surface area contributed by atoms with Crippen LogP contribution in [0.1, 0.15) is 30.3 Å². The quantitative estimate of drug-likeness (QED) is 0.783. The first kappa shape index (κ1) is 16.1. The van der Waals surface area contributed by atoms with Crippen LogP contribution in [-0.4, -0.2) is 48.9 Å². The molecule has 1 rings (SSSR count). The van der Waals surface area contributed by atoms with E-state index in [4.69, 9.17) is 0 Å². The number of nitrogens with zero attached hydrogens (tertiary/aromatic N) is 2. The molecule has 0 aromatic carbocycles. The Morgan fingerprint density at radius 3 is 2.60 bits per heavy atom. The summed E-state index contributed by atoms with van der Waals surface area (Å²) in [5.74, 6) is -0.254. The van der Waals surface area contributed by atoms with Gasteiger partial charge in [0, 0.05) is 19.5 Å². The van der Waals surface area contributed by atoms with Crippen molar-refractivity contribution in [1.82, 2.24) is 15.2 Å². The van der Waals surface area contributed by atoms with E-state index in [1.165, 1.54) is 6.20 Å². The minimum atomic E-state index is -0.210. The second kappa shape index (κ2) is 8.27. The third kappa shape index (κ3) is 5.79. The number of hydrogen-bond donors (Lipinski definition) is 2. The Morgan fingerprint density at radius 2 is 2.05 bits per heavy atom. The summed E-state index contributed by atoms with van der Waals surface area (Å²) in [6, 6.07) is 3.29. The number of carbonyl (C=O) groups excluding carboxylic acids is 2. The van der Waals surface area contributed by atoms with E-state index >= 15 is 0 Å². The van der Waals surface area contributed by atoms with Crippen molar-refractivity contribution in [3.8, 4) is 0 Å². The number of aromatic nitrogens is 1. The number of pyridine rings is 1. The van der Waals surface area contributed by atoms with Gasteiger partial charge in [0.2, 0.25) is 5.91 Å². The summed E-state index contributed by atoms with van der Waals surface area (Å²) in [6.45, 7) is 3.29. The molecular formula is C14H22N4O2. The van der Waals surface area contributed by atoms with E-state index < -0.39 is 0 Å². The van der Waals surface area contributed by atoms with Gasteiger partial charge in [0.05, 0.1) is 11.9 Å². The number of likely N-dealkylation sites (N-methyl/N-ethyl adjacent to an activating group) is 1. The van der Waals surface area contributed by atoms with Crippen molar-refractivity contribution < 1.29 is 9.59 Å². The topological polar surface area (TPSA) is 74.3 Å². The Balaban J connectivity index is 2.49. The Labute approximate surface area is 119 Å². The van der Waals surface area contributed by atoms with Crippen molar-refractivity contribution >= 4 is 17.5 Å². The molecule has 0 spiro atoms. The van der Waals surface area contributed by atoms with E-state index in [0.29, 0.717) is 24.3 Å². The maximum absolute atomic E-state index is 11.8. The maximum atomic E-state index is 11.8. The number of hydrogen-bond acceptors (Lipinski definition) is 4. The molecule has 0 atom stereocenters. The van der Waals surface area contributed by atoms with Gasteiger partial charge in [0.1, 0.15) is 5.69 Å². The molecule has 1 aromatic rings. The first-order valence-electron chi connectivity index (χ1n) is 6.71. The zero-order chi connectivity index (χ0) is 15.0. The summed E-state index contributed by atoms with van der Waals surface area (Å²) in [4.78, 5) is 29.2. The van der Waals surface area contributed by atoms with Crippen LogP contribution in [0.5, 0.6) is 0 Å². The van der Waals surface area contributed by atoms with Crippen LogP contribution in [0.25, 0.3) is 0 Å². The Hall–Kier alpha value is -1.95. The monoisotopic (exact) mass is 278 g/mol. The highest BCUT2D eigenvalue weighted by molar-refractivity contribution is 5.93. The lowest BCUT2D eigenvalue weighted by Crippen LogP contribution is -2.31. The predicted molar refractivity (Wildman–Crippen MR) is 78.7 cm³/mol. The number of nitrogens with one attached hydrogen (secondary N) is 2. The number of carbonyl (C=O) groups is 2. The molecule has 2 N–H and O–H groups in total. The van der Waals surface area contributed by atoms with Crippen molar-refractivity contribution in [3.05, 3.63) is 24.0 Å². The van der Waals surface area contributed by atoms with Gasteiger partial charge in [0.25, 0.3) is 5.91 Å². The lowest BCUT2D eigenvalue weighted by Gasteiger charge is -2.10. The summed E-state index contributed by atoms with van der Waals surface area (Å²) in [6.07, 6.45) is 2.77. The fourth-order valence-electron chi connectivity index (χ4n) is 1.54. The van der Waals surface area contributed by atoms with E-state index in [2.05, 4.69) is 15.6 Å². The third-order valence-electron chi connectivity index (χ3n) is 2.60. The van der Waals surface area contributed by atoms with Gasteiger partial charge in [0.15, 0.2) is 0 Å². The molecule has 0 aliphatic carbocycles. The van der Waals surface area contributed by atoms with Gasteiger partial charge in [-0.1, -0.05) is 6.92 Å². The summed E-state index contributed by atoms with van der Waals surface area (Å²) in [5.41, 5.74) is 0.950. The zero-order valence-corrected chi connectivity index (χ0v) is 12.3. The highest BCUT2D eigenvalue weighted by Gasteiger charge is 2.07. The highest BCUT2D eigenvalue weighted by atomic mass is 16.2. The largest absolute Gasteiger partial charge is 0.349 e. The normalized spacial score (nSPS) is 10.4. The lowest BCUT2D eigenvalue weighted by atomic mass is 10.3. The van der Waals surface area contributed by atoms with E-state index in [0.717, 1.165) is 13.0 Å². The summed E-state index contributed by atoms with van der Waals surface area (Å²) < 4.78 is 0. The lowest BCUT2D eigenvalue weighted by molar-refractivity contribution is -0.116. The molecule has 6 heteroatoms. The van der Waals surface area contributed by atoms with Crippen molar-refractivity contribution in [2.75, 3.05) is 32.5 Å². The van der Waals surface area contributed by atoms with E-state index in [-0.39, 0.29) is 11.8 Å². The molecule has 20 heavy (non-hydrogen) atoms. The SMILES string of the molecule is CCCC(=O)Nc1ccc(C(=O)NCCN(C)C)nc1. The van der Waals surface area contributed by atoms with Gasteiger partial charge < -0.3 is 15.5 Å². The molecule has 2 amide bonds. The van der Waals surface area contributed by atoms with Crippen LogP contribution in [0, 0.1) is 0 Å². The first-order chi connectivity index (χ1) is 9.52. The Morgan fingerprint density at radius 1 is 1.30 bits per heavy atom.